The van der Waals surface area contributed by atoms with Gasteiger partial charge in [-0.25, -0.2) is 27.2 Å². The molecule has 0 saturated heterocycles. The van der Waals surface area contributed by atoms with Gasteiger partial charge >= 0.3 is 11.9 Å². The molecule has 10 nitrogen and oxygen atoms in total. The summed E-state index contributed by atoms with van der Waals surface area (Å²) in [4.78, 5) is 62.8. The molecule has 3 aromatic rings. The predicted octanol–water partition coefficient (Wildman–Crippen LogP) is 5.28. The summed E-state index contributed by atoms with van der Waals surface area (Å²) in [6.07, 6.45) is 2.91. The molecule has 0 aliphatic rings. The molecule has 0 fully saturated rings. The standard InChI is InChI=1S/C31H25F8N3O7S2/c1-50-11-22(44)40-10-15(41-23(45)12-51-2)3-4-21(43)42-16-6-13(30(46)48-28-24(36)17(32)8-18(33)25(28)37)5-14(7-16)31(47)49-29-26(38)19(34)9-20(35)27(29)39/h5-9,15H,3-4,10-12H2,1-2H3,(H,40,44)(H,41,45)(H,42,43). The lowest BCUT2D eigenvalue weighted by atomic mass is 10.1. The Bertz CT molecular complexity index is 1700. The average molecular weight is 768 g/mol. The van der Waals surface area contributed by atoms with Gasteiger partial charge in [0.15, 0.2) is 23.3 Å². The van der Waals surface area contributed by atoms with Gasteiger partial charge in [-0.1, -0.05) is 0 Å². The first-order chi connectivity index (χ1) is 24.1. The van der Waals surface area contributed by atoms with Crippen LogP contribution in [-0.2, 0) is 14.4 Å². The van der Waals surface area contributed by atoms with Gasteiger partial charge in [0.1, 0.15) is 0 Å². The van der Waals surface area contributed by atoms with E-state index in [2.05, 4.69) is 25.4 Å². The minimum Gasteiger partial charge on any atom is -0.416 e. The largest absolute Gasteiger partial charge is 0.416 e. The first-order valence-corrected chi connectivity index (χ1v) is 16.9. The van der Waals surface area contributed by atoms with Gasteiger partial charge in [-0.3, -0.25) is 14.4 Å². The van der Waals surface area contributed by atoms with E-state index in [0.717, 1.165) is 12.1 Å². The lowest BCUT2D eigenvalue weighted by molar-refractivity contribution is -0.121. The van der Waals surface area contributed by atoms with E-state index in [9.17, 15) is 59.1 Å². The predicted molar refractivity (Wildman–Crippen MR) is 168 cm³/mol. The number of ether oxygens (including phenoxy) is 2. The Morgan fingerprint density at radius 3 is 1.49 bits per heavy atom. The maximum atomic E-state index is 14.2. The monoisotopic (exact) mass is 767 g/mol. The lowest BCUT2D eigenvalue weighted by Crippen LogP contribution is -2.45. The maximum Gasteiger partial charge on any atom is 0.343 e. The van der Waals surface area contributed by atoms with Crippen LogP contribution < -0.4 is 25.4 Å². The molecular weight excluding hydrogens is 742 g/mol. The number of esters is 2. The number of halogens is 8. The van der Waals surface area contributed by atoms with Crippen molar-refractivity contribution in [3.05, 3.63) is 88.0 Å². The fraction of sp³-hybridized carbons (Fsp3) is 0.258. The minimum atomic E-state index is -2.12. The van der Waals surface area contributed by atoms with Gasteiger partial charge in [0.05, 0.1) is 22.6 Å². The molecule has 0 bridgehead atoms. The van der Waals surface area contributed by atoms with Gasteiger partial charge in [-0.05, 0) is 37.1 Å². The van der Waals surface area contributed by atoms with E-state index in [-0.39, 0.29) is 48.9 Å². The number of benzene rings is 3. The van der Waals surface area contributed by atoms with E-state index < -0.39 is 105 Å². The Balaban J connectivity index is 1.93. The SMILES string of the molecule is CSCC(=O)NCC(CCC(=O)Nc1cc(C(=O)Oc2c(F)c(F)cc(F)c2F)cc(C(=O)Oc2c(F)c(F)cc(F)c2F)c1)NC(=O)CSC. The molecule has 1 atom stereocenters. The minimum absolute atomic E-state index is 0.0638. The molecule has 0 radical (unpaired) electrons. The number of hydrogen-bond donors (Lipinski definition) is 3. The molecule has 3 amide bonds. The Kier molecular flexibility index (Phi) is 14.6. The van der Waals surface area contributed by atoms with E-state index >= 15 is 0 Å². The highest BCUT2D eigenvalue weighted by Gasteiger charge is 2.27. The van der Waals surface area contributed by atoms with Crippen molar-refractivity contribution >= 4 is 58.9 Å². The normalized spacial score (nSPS) is 11.4. The van der Waals surface area contributed by atoms with E-state index in [4.69, 9.17) is 0 Å². The molecule has 0 aliphatic heterocycles. The van der Waals surface area contributed by atoms with Crippen LogP contribution in [0.2, 0.25) is 0 Å². The molecule has 0 saturated carbocycles. The average Bonchev–Trinajstić information content (AvgIpc) is 3.07. The number of hydrogen-bond acceptors (Lipinski definition) is 9. The zero-order valence-electron chi connectivity index (χ0n) is 26.2. The second-order valence-corrected chi connectivity index (χ2v) is 11.9. The van der Waals surface area contributed by atoms with Crippen molar-refractivity contribution in [2.45, 2.75) is 18.9 Å². The zero-order valence-corrected chi connectivity index (χ0v) is 27.8. The van der Waals surface area contributed by atoms with Crippen LogP contribution >= 0.6 is 23.5 Å². The summed E-state index contributed by atoms with van der Waals surface area (Å²) in [5, 5.41) is 7.51. The van der Waals surface area contributed by atoms with Crippen LogP contribution in [0.25, 0.3) is 0 Å². The third-order valence-electron chi connectivity index (χ3n) is 6.40. The Morgan fingerprint density at radius 1 is 0.627 bits per heavy atom. The van der Waals surface area contributed by atoms with E-state index in [1.807, 2.05) is 0 Å². The van der Waals surface area contributed by atoms with Crippen LogP contribution in [0, 0.1) is 46.5 Å². The van der Waals surface area contributed by atoms with Crippen LogP contribution in [-0.4, -0.2) is 66.3 Å². The Hall–Kier alpha value is -4.85. The molecule has 0 spiro atoms. The summed E-state index contributed by atoms with van der Waals surface area (Å²) in [7, 11) is 0. The van der Waals surface area contributed by atoms with Crippen molar-refractivity contribution in [3.8, 4) is 11.5 Å². The van der Waals surface area contributed by atoms with Gasteiger partial charge in [0, 0.05) is 36.8 Å². The topological polar surface area (TPSA) is 140 Å². The fourth-order valence-corrected chi connectivity index (χ4v) is 4.80. The number of rotatable bonds is 15. The molecule has 274 valence electrons. The second-order valence-electron chi connectivity index (χ2n) is 10.2. The summed E-state index contributed by atoms with van der Waals surface area (Å²) in [5.74, 6) is -24.9. The van der Waals surface area contributed by atoms with Gasteiger partial charge in [-0.2, -0.15) is 41.1 Å². The number of nitrogens with one attached hydrogen (secondary N) is 3. The van der Waals surface area contributed by atoms with Crippen LogP contribution in [0.15, 0.2) is 30.3 Å². The van der Waals surface area contributed by atoms with Crippen molar-refractivity contribution in [2.24, 2.45) is 0 Å². The Labute approximate surface area is 292 Å². The summed E-state index contributed by atoms with van der Waals surface area (Å²) in [6.45, 7) is -0.0638. The highest BCUT2D eigenvalue weighted by Crippen LogP contribution is 2.30. The zero-order chi connectivity index (χ0) is 38.0. The third-order valence-corrected chi connectivity index (χ3v) is 7.50. The molecule has 20 heteroatoms. The van der Waals surface area contributed by atoms with Crippen molar-refractivity contribution in [2.75, 3.05) is 35.9 Å². The molecule has 3 rings (SSSR count). The third kappa shape index (κ3) is 11.1. The fourth-order valence-electron chi connectivity index (χ4n) is 4.09. The van der Waals surface area contributed by atoms with E-state index in [1.165, 1.54) is 23.5 Å². The van der Waals surface area contributed by atoms with E-state index in [1.54, 1.807) is 12.5 Å². The summed E-state index contributed by atoms with van der Waals surface area (Å²) in [5.41, 5.74) is -2.21. The maximum absolute atomic E-state index is 14.2. The van der Waals surface area contributed by atoms with Crippen LogP contribution in [0.3, 0.4) is 0 Å². The van der Waals surface area contributed by atoms with Gasteiger partial charge in [0.25, 0.3) is 0 Å². The molecular formula is C31H25F8N3O7S2. The molecule has 1 unspecified atom stereocenters. The van der Waals surface area contributed by atoms with Crippen molar-refractivity contribution in [1.82, 2.24) is 10.6 Å². The molecule has 3 N–H and O–H groups in total. The Morgan fingerprint density at radius 2 is 1.06 bits per heavy atom. The number of anilines is 1. The number of carbonyl (C=O) groups is 5. The van der Waals surface area contributed by atoms with Crippen molar-refractivity contribution in [3.63, 3.8) is 0 Å². The summed E-state index contributed by atoms with van der Waals surface area (Å²) < 4.78 is 121. The van der Waals surface area contributed by atoms with Crippen molar-refractivity contribution < 1.29 is 68.6 Å². The molecule has 0 aliphatic carbocycles. The second kappa shape index (κ2) is 18.4. The molecule has 51 heavy (non-hydrogen) atoms. The first-order valence-electron chi connectivity index (χ1n) is 14.1. The molecule has 0 aromatic heterocycles. The van der Waals surface area contributed by atoms with Crippen LogP contribution in [0.1, 0.15) is 33.6 Å². The van der Waals surface area contributed by atoms with Crippen LogP contribution in [0.4, 0.5) is 40.8 Å². The number of carbonyl (C=O) groups excluding carboxylic acids is 5. The highest BCUT2D eigenvalue weighted by molar-refractivity contribution is 7.99. The smallest absolute Gasteiger partial charge is 0.343 e. The number of thioether (sulfide) groups is 2. The van der Waals surface area contributed by atoms with Crippen molar-refractivity contribution in [1.29, 1.82) is 0 Å². The molecule has 0 heterocycles. The quantitative estimate of drug-likeness (QED) is 0.0816. The lowest BCUT2D eigenvalue weighted by Gasteiger charge is -2.19. The summed E-state index contributed by atoms with van der Waals surface area (Å²) >= 11 is 2.45. The molecule has 3 aromatic carbocycles. The highest BCUT2D eigenvalue weighted by atomic mass is 32.2. The van der Waals surface area contributed by atoms with Gasteiger partial charge in [-0.15, -0.1) is 0 Å². The first kappa shape index (κ1) is 40.6. The van der Waals surface area contributed by atoms with Gasteiger partial charge in [0.2, 0.25) is 52.5 Å². The van der Waals surface area contributed by atoms with E-state index in [0.29, 0.717) is 6.07 Å². The van der Waals surface area contributed by atoms with Crippen LogP contribution in [0.5, 0.6) is 11.5 Å². The summed E-state index contributed by atoms with van der Waals surface area (Å²) in [6, 6.07) is 0.956. The number of amides is 3. The van der Waals surface area contributed by atoms with Gasteiger partial charge < -0.3 is 25.4 Å².